The highest BCUT2D eigenvalue weighted by Crippen LogP contribution is 1.65. The highest BCUT2D eigenvalue weighted by atomic mass is 16.3. The zero-order chi connectivity index (χ0) is 7.70. The van der Waals surface area contributed by atoms with E-state index in [9.17, 15) is 0 Å². The lowest BCUT2D eigenvalue weighted by molar-refractivity contribution is 0.221. The molecule has 0 saturated carbocycles. The monoisotopic (exact) mass is 135 g/mol. The van der Waals surface area contributed by atoms with Gasteiger partial charge in [0.1, 0.15) is 0 Å². The van der Waals surface area contributed by atoms with Gasteiger partial charge < -0.3 is 15.9 Å². The lowest BCUT2D eigenvalue weighted by atomic mass is 10.5. The maximum Gasteiger partial charge on any atom is 0.0452 e. The van der Waals surface area contributed by atoms with Crippen molar-refractivity contribution in [1.29, 1.82) is 0 Å². The minimum absolute atomic E-state index is 0.0938. The maximum atomic E-state index is 7.91. The average molecular weight is 135 g/mol. The van der Waals surface area contributed by atoms with Gasteiger partial charge in [-0.05, 0) is 12.5 Å². The van der Waals surface area contributed by atoms with Gasteiger partial charge in [-0.2, -0.15) is 0 Å². The molecular weight excluding hydrogens is 118 g/mol. The number of hydrogen-bond donors (Lipinski definition) is 3. The zero-order valence-electron chi connectivity index (χ0n) is 6.17. The molecule has 0 atom stereocenters. The SMILES string of the molecule is CC(C)N.OCCCO. The van der Waals surface area contributed by atoms with E-state index in [2.05, 4.69) is 0 Å². The lowest BCUT2D eigenvalue weighted by Crippen LogP contribution is -2.06. The topological polar surface area (TPSA) is 66.5 Å². The second-order valence-corrected chi connectivity index (χ2v) is 2.04. The Hall–Kier alpha value is -0.120. The molecule has 0 aliphatic heterocycles. The summed E-state index contributed by atoms with van der Waals surface area (Å²) in [5.41, 5.74) is 5.11. The van der Waals surface area contributed by atoms with Gasteiger partial charge in [0.25, 0.3) is 0 Å². The predicted octanol–water partition coefficient (Wildman–Crippen LogP) is -0.285. The molecule has 0 spiro atoms. The van der Waals surface area contributed by atoms with Crippen LogP contribution in [0.2, 0.25) is 0 Å². The summed E-state index contributed by atoms with van der Waals surface area (Å²) < 4.78 is 0. The van der Waals surface area contributed by atoms with Crippen molar-refractivity contribution < 1.29 is 10.2 Å². The third-order valence-corrected chi connectivity index (χ3v) is 0.316. The third kappa shape index (κ3) is 77.1. The van der Waals surface area contributed by atoms with Gasteiger partial charge in [-0.3, -0.25) is 0 Å². The highest BCUT2D eigenvalue weighted by molar-refractivity contribution is 4.32. The van der Waals surface area contributed by atoms with Gasteiger partial charge >= 0.3 is 0 Å². The Morgan fingerprint density at radius 3 is 1.44 bits per heavy atom. The van der Waals surface area contributed by atoms with Crippen LogP contribution in [0.5, 0.6) is 0 Å². The largest absolute Gasteiger partial charge is 0.396 e. The van der Waals surface area contributed by atoms with E-state index in [0.717, 1.165) is 0 Å². The van der Waals surface area contributed by atoms with E-state index in [1.807, 2.05) is 13.8 Å². The second-order valence-electron chi connectivity index (χ2n) is 2.04. The number of hydrogen-bond acceptors (Lipinski definition) is 3. The van der Waals surface area contributed by atoms with E-state index >= 15 is 0 Å². The molecule has 0 aromatic carbocycles. The van der Waals surface area contributed by atoms with Gasteiger partial charge in [0.05, 0.1) is 0 Å². The Balaban J connectivity index is 0. The average Bonchev–Trinajstić information content (AvgIpc) is 1.66. The van der Waals surface area contributed by atoms with E-state index in [-0.39, 0.29) is 13.2 Å². The predicted molar refractivity (Wildman–Crippen MR) is 38.1 cm³/mol. The van der Waals surface area contributed by atoms with Crippen molar-refractivity contribution >= 4 is 0 Å². The van der Waals surface area contributed by atoms with Crippen LogP contribution in [0.1, 0.15) is 20.3 Å². The Labute approximate surface area is 56.5 Å². The van der Waals surface area contributed by atoms with Crippen LogP contribution < -0.4 is 5.73 Å². The van der Waals surface area contributed by atoms with Crippen LogP contribution in [0.15, 0.2) is 0 Å². The Morgan fingerprint density at radius 1 is 1.22 bits per heavy atom. The summed E-state index contributed by atoms with van der Waals surface area (Å²) in [7, 11) is 0. The number of rotatable bonds is 2. The fraction of sp³-hybridized carbons (Fsp3) is 1.00. The minimum Gasteiger partial charge on any atom is -0.396 e. The molecule has 0 fully saturated rings. The smallest absolute Gasteiger partial charge is 0.0452 e. The normalized spacial score (nSPS) is 8.67. The molecule has 0 aromatic heterocycles. The Bertz CT molecular complexity index is 35.3. The molecule has 0 aromatic rings. The van der Waals surface area contributed by atoms with Gasteiger partial charge in [-0.25, -0.2) is 0 Å². The molecule has 0 amide bonds. The molecule has 0 rings (SSSR count). The van der Waals surface area contributed by atoms with Crippen LogP contribution >= 0.6 is 0 Å². The molecule has 3 nitrogen and oxygen atoms in total. The van der Waals surface area contributed by atoms with Crippen LogP contribution in [0.3, 0.4) is 0 Å². The van der Waals surface area contributed by atoms with E-state index in [1.165, 1.54) is 0 Å². The van der Waals surface area contributed by atoms with Crippen LogP contribution in [-0.2, 0) is 0 Å². The molecule has 0 unspecified atom stereocenters. The molecule has 0 radical (unpaired) electrons. The van der Waals surface area contributed by atoms with Crippen molar-refractivity contribution in [3.63, 3.8) is 0 Å². The number of nitrogens with two attached hydrogens (primary N) is 1. The fourth-order valence-corrected chi connectivity index (χ4v) is 0.0707. The standard InChI is InChI=1S/C3H9N.C3H8O2/c1-3(2)4;4-2-1-3-5/h3H,4H2,1-2H3;4-5H,1-3H2. The van der Waals surface area contributed by atoms with E-state index in [1.54, 1.807) is 0 Å². The molecule has 3 heteroatoms. The van der Waals surface area contributed by atoms with Crippen LogP contribution in [0.4, 0.5) is 0 Å². The van der Waals surface area contributed by atoms with Gasteiger partial charge in [0.15, 0.2) is 0 Å². The quantitative estimate of drug-likeness (QED) is 0.487. The molecular formula is C6H17NO2. The number of aliphatic hydroxyl groups is 2. The van der Waals surface area contributed by atoms with Crippen LogP contribution in [0, 0.1) is 0 Å². The van der Waals surface area contributed by atoms with Crippen molar-refractivity contribution in [3.05, 3.63) is 0 Å². The Kier molecular flexibility index (Phi) is 14.0. The van der Waals surface area contributed by atoms with E-state index < -0.39 is 0 Å². The van der Waals surface area contributed by atoms with Gasteiger partial charge in [-0.15, -0.1) is 0 Å². The van der Waals surface area contributed by atoms with Gasteiger partial charge in [0, 0.05) is 13.2 Å². The maximum absolute atomic E-state index is 7.91. The number of aliphatic hydroxyl groups excluding tert-OH is 2. The molecule has 0 aliphatic rings. The van der Waals surface area contributed by atoms with E-state index in [0.29, 0.717) is 12.5 Å². The molecule has 9 heavy (non-hydrogen) atoms. The first kappa shape index (κ1) is 11.6. The van der Waals surface area contributed by atoms with Crippen molar-refractivity contribution in [2.24, 2.45) is 5.73 Å². The molecule has 58 valence electrons. The summed E-state index contributed by atoms with van der Waals surface area (Å²) in [5, 5.41) is 15.8. The van der Waals surface area contributed by atoms with Gasteiger partial charge in [0.2, 0.25) is 0 Å². The second kappa shape index (κ2) is 10.8. The fourth-order valence-electron chi connectivity index (χ4n) is 0.0707. The van der Waals surface area contributed by atoms with Gasteiger partial charge in [-0.1, -0.05) is 13.8 Å². The minimum atomic E-state index is 0.0938. The van der Waals surface area contributed by atoms with Crippen molar-refractivity contribution in [1.82, 2.24) is 0 Å². The lowest BCUT2D eigenvalue weighted by Gasteiger charge is -1.81. The van der Waals surface area contributed by atoms with Crippen molar-refractivity contribution in [2.45, 2.75) is 26.3 Å². The molecule has 4 N–H and O–H groups in total. The molecule has 0 saturated heterocycles. The van der Waals surface area contributed by atoms with Crippen LogP contribution in [0.25, 0.3) is 0 Å². The summed E-state index contributed by atoms with van der Waals surface area (Å²) in [6.45, 7) is 4.08. The summed E-state index contributed by atoms with van der Waals surface area (Å²) in [5.74, 6) is 0. The third-order valence-electron chi connectivity index (χ3n) is 0.316. The highest BCUT2D eigenvalue weighted by Gasteiger charge is 1.70. The summed E-state index contributed by atoms with van der Waals surface area (Å²) >= 11 is 0. The van der Waals surface area contributed by atoms with Crippen LogP contribution in [-0.4, -0.2) is 29.5 Å². The summed E-state index contributed by atoms with van der Waals surface area (Å²) in [6, 6.07) is 0.333. The molecule has 0 heterocycles. The Morgan fingerprint density at radius 2 is 1.44 bits per heavy atom. The first-order valence-electron chi connectivity index (χ1n) is 3.12. The molecule has 0 aliphatic carbocycles. The first-order valence-corrected chi connectivity index (χ1v) is 3.12. The summed E-state index contributed by atoms with van der Waals surface area (Å²) in [6.07, 6.45) is 0.500. The summed E-state index contributed by atoms with van der Waals surface area (Å²) in [4.78, 5) is 0. The molecule has 0 bridgehead atoms. The zero-order valence-corrected chi connectivity index (χ0v) is 6.17. The van der Waals surface area contributed by atoms with Crippen molar-refractivity contribution in [2.75, 3.05) is 13.2 Å². The van der Waals surface area contributed by atoms with E-state index in [4.69, 9.17) is 15.9 Å². The van der Waals surface area contributed by atoms with Crippen molar-refractivity contribution in [3.8, 4) is 0 Å². The first-order chi connectivity index (χ1) is 4.15.